The summed E-state index contributed by atoms with van der Waals surface area (Å²) in [4.78, 5) is 11.0. The van der Waals surface area contributed by atoms with Crippen molar-refractivity contribution in [2.24, 2.45) is 0 Å². The van der Waals surface area contributed by atoms with Crippen LogP contribution in [0.3, 0.4) is 0 Å². The van der Waals surface area contributed by atoms with Crippen molar-refractivity contribution >= 4 is 17.3 Å². The molecule has 0 radical (unpaired) electrons. The van der Waals surface area contributed by atoms with E-state index in [2.05, 4.69) is 57.5 Å². The molecule has 1 fully saturated rings. The molecular formula is C18H25N5O. The molecule has 6 nitrogen and oxygen atoms in total. The van der Waals surface area contributed by atoms with Crippen LogP contribution < -0.4 is 10.6 Å². The van der Waals surface area contributed by atoms with Crippen molar-refractivity contribution in [3.05, 3.63) is 41.7 Å². The van der Waals surface area contributed by atoms with Gasteiger partial charge in [-0.25, -0.2) is 9.97 Å². The third-order valence-electron chi connectivity index (χ3n) is 4.24. The van der Waals surface area contributed by atoms with E-state index >= 15 is 0 Å². The summed E-state index contributed by atoms with van der Waals surface area (Å²) in [5.41, 5.74) is 3.52. The molecule has 1 aliphatic rings. The number of benzene rings is 1. The number of rotatable bonds is 6. The Labute approximate surface area is 143 Å². The van der Waals surface area contributed by atoms with Gasteiger partial charge in [-0.05, 0) is 25.0 Å². The molecule has 24 heavy (non-hydrogen) atoms. The van der Waals surface area contributed by atoms with Crippen molar-refractivity contribution in [3.63, 3.8) is 0 Å². The number of hydrogen-bond acceptors (Lipinski definition) is 6. The highest BCUT2D eigenvalue weighted by Gasteiger charge is 2.09. The van der Waals surface area contributed by atoms with E-state index in [0.29, 0.717) is 0 Å². The lowest BCUT2D eigenvalue weighted by Crippen LogP contribution is -2.39. The van der Waals surface area contributed by atoms with Crippen molar-refractivity contribution in [1.82, 2.24) is 14.9 Å². The molecule has 2 aromatic rings. The molecule has 0 spiro atoms. The molecule has 0 saturated carbocycles. The van der Waals surface area contributed by atoms with Gasteiger partial charge in [-0.15, -0.1) is 0 Å². The van der Waals surface area contributed by atoms with Crippen LogP contribution in [0.4, 0.5) is 17.3 Å². The lowest BCUT2D eigenvalue weighted by Gasteiger charge is -2.26. The van der Waals surface area contributed by atoms with Gasteiger partial charge in [0.15, 0.2) is 0 Å². The molecule has 1 aromatic carbocycles. The van der Waals surface area contributed by atoms with E-state index in [4.69, 9.17) is 4.74 Å². The number of para-hydroxylation sites is 1. The molecule has 6 heteroatoms. The molecular weight excluding hydrogens is 302 g/mol. The van der Waals surface area contributed by atoms with Crippen molar-refractivity contribution in [2.45, 2.75) is 13.8 Å². The van der Waals surface area contributed by atoms with E-state index in [1.165, 1.54) is 11.1 Å². The topological polar surface area (TPSA) is 62.3 Å². The van der Waals surface area contributed by atoms with Crippen molar-refractivity contribution in [3.8, 4) is 0 Å². The SMILES string of the molecule is Cc1cccc(C)c1Nc1cc(NCCN2CCOCC2)ncn1. The molecule has 128 valence electrons. The summed E-state index contributed by atoms with van der Waals surface area (Å²) >= 11 is 0. The first-order valence-corrected chi connectivity index (χ1v) is 8.41. The fourth-order valence-electron chi connectivity index (χ4n) is 2.83. The van der Waals surface area contributed by atoms with Gasteiger partial charge in [0.25, 0.3) is 0 Å². The average Bonchev–Trinajstić information content (AvgIpc) is 2.60. The Bertz CT molecular complexity index is 650. The minimum Gasteiger partial charge on any atom is -0.379 e. The molecule has 0 unspecified atom stereocenters. The van der Waals surface area contributed by atoms with E-state index in [9.17, 15) is 0 Å². The maximum atomic E-state index is 5.36. The zero-order valence-corrected chi connectivity index (χ0v) is 14.4. The zero-order chi connectivity index (χ0) is 16.8. The van der Waals surface area contributed by atoms with Crippen LogP contribution in [0, 0.1) is 13.8 Å². The van der Waals surface area contributed by atoms with E-state index in [0.717, 1.165) is 56.7 Å². The second kappa shape index (κ2) is 8.08. The fourth-order valence-corrected chi connectivity index (χ4v) is 2.83. The predicted octanol–water partition coefficient (Wildman–Crippen LogP) is 2.58. The van der Waals surface area contributed by atoms with Crippen LogP contribution in [0.15, 0.2) is 30.6 Å². The van der Waals surface area contributed by atoms with Gasteiger partial charge in [-0.1, -0.05) is 18.2 Å². The number of morpholine rings is 1. The summed E-state index contributed by atoms with van der Waals surface area (Å²) in [6.07, 6.45) is 1.59. The maximum Gasteiger partial charge on any atom is 0.135 e. The lowest BCUT2D eigenvalue weighted by atomic mass is 10.1. The first-order valence-electron chi connectivity index (χ1n) is 8.41. The van der Waals surface area contributed by atoms with Crippen LogP contribution in [0.1, 0.15) is 11.1 Å². The third-order valence-corrected chi connectivity index (χ3v) is 4.24. The lowest BCUT2D eigenvalue weighted by molar-refractivity contribution is 0.0398. The van der Waals surface area contributed by atoms with Crippen LogP contribution in [-0.4, -0.2) is 54.3 Å². The summed E-state index contributed by atoms with van der Waals surface area (Å²) in [6.45, 7) is 9.72. The van der Waals surface area contributed by atoms with Crippen molar-refractivity contribution in [2.75, 3.05) is 50.0 Å². The summed E-state index contributed by atoms with van der Waals surface area (Å²) < 4.78 is 5.36. The van der Waals surface area contributed by atoms with Gasteiger partial charge in [0.2, 0.25) is 0 Å². The molecule has 0 atom stereocenters. The summed E-state index contributed by atoms with van der Waals surface area (Å²) in [7, 11) is 0. The average molecular weight is 327 g/mol. The van der Waals surface area contributed by atoms with E-state index in [-0.39, 0.29) is 0 Å². The second-order valence-electron chi connectivity index (χ2n) is 6.06. The quantitative estimate of drug-likeness (QED) is 0.850. The van der Waals surface area contributed by atoms with Gasteiger partial charge >= 0.3 is 0 Å². The van der Waals surface area contributed by atoms with Crippen molar-refractivity contribution in [1.29, 1.82) is 0 Å². The Balaban J connectivity index is 1.57. The van der Waals surface area contributed by atoms with Crippen molar-refractivity contribution < 1.29 is 4.74 Å². The normalized spacial score (nSPS) is 15.2. The maximum absolute atomic E-state index is 5.36. The number of ether oxygens (including phenoxy) is 1. The minimum absolute atomic E-state index is 0.802. The molecule has 2 N–H and O–H groups in total. The van der Waals surface area contributed by atoms with Crippen LogP contribution >= 0.6 is 0 Å². The van der Waals surface area contributed by atoms with E-state index in [1.54, 1.807) is 6.33 Å². The number of anilines is 3. The molecule has 1 aliphatic heterocycles. The van der Waals surface area contributed by atoms with E-state index in [1.807, 2.05) is 6.07 Å². The monoisotopic (exact) mass is 327 g/mol. The number of nitrogens with zero attached hydrogens (tertiary/aromatic N) is 3. The number of aryl methyl sites for hydroxylation is 2. The molecule has 0 aliphatic carbocycles. The minimum atomic E-state index is 0.802. The fraction of sp³-hybridized carbons (Fsp3) is 0.444. The summed E-state index contributed by atoms with van der Waals surface area (Å²) in [5.74, 6) is 1.64. The molecule has 3 rings (SSSR count). The molecule has 1 saturated heterocycles. The summed E-state index contributed by atoms with van der Waals surface area (Å²) in [6, 6.07) is 8.20. The van der Waals surface area contributed by atoms with E-state index < -0.39 is 0 Å². The van der Waals surface area contributed by atoms with Crippen LogP contribution in [0.5, 0.6) is 0 Å². The Morgan fingerprint density at radius 3 is 2.54 bits per heavy atom. The summed E-state index contributed by atoms with van der Waals surface area (Å²) in [5, 5.41) is 6.78. The second-order valence-corrected chi connectivity index (χ2v) is 6.06. The number of aromatic nitrogens is 2. The zero-order valence-electron chi connectivity index (χ0n) is 14.4. The Morgan fingerprint density at radius 2 is 1.79 bits per heavy atom. The largest absolute Gasteiger partial charge is 0.379 e. The van der Waals surface area contributed by atoms with Gasteiger partial charge < -0.3 is 15.4 Å². The Morgan fingerprint density at radius 1 is 1.08 bits per heavy atom. The molecule has 2 heterocycles. The highest BCUT2D eigenvalue weighted by Crippen LogP contribution is 2.23. The molecule has 0 bridgehead atoms. The van der Waals surface area contributed by atoms with Gasteiger partial charge in [-0.3, -0.25) is 4.90 Å². The standard InChI is InChI=1S/C18H25N5O/c1-14-4-3-5-15(2)18(14)22-17-12-16(20-13-21-17)19-6-7-23-8-10-24-11-9-23/h3-5,12-13H,6-11H2,1-2H3,(H2,19,20,21,22). The highest BCUT2D eigenvalue weighted by molar-refractivity contribution is 5.65. The van der Waals surface area contributed by atoms with Gasteiger partial charge in [0, 0.05) is 37.9 Å². The first-order chi connectivity index (χ1) is 11.7. The third kappa shape index (κ3) is 4.43. The molecule has 1 aromatic heterocycles. The Hall–Kier alpha value is -2.18. The van der Waals surface area contributed by atoms with Gasteiger partial charge in [0.05, 0.1) is 13.2 Å². The smallest absolute Gasteiger partial charge is 0.135 e. The number of hydrogen-bond donors (Lipinski definition) is 2. The van der Waals surface area contributed by atoms with Gasteiger partial charge in [-0.2, -0.15) is 0 Å². The Kier molecular flexibility index (Phi) is 5.61. The van der Waals surface area contributed by atoms with Crippen LogP contribution in [0.25, 0.3) is 0 Å². The van der Waals surface area contributed by atoms with Crippen LogP contribution in [0.2, 0.25) is 0 Å². The first kappa shape index (κ1) is 16.7. The highest BCUT2D eigenvalue weighted by atomic mass is 16.5. The number of nitrogens with one attached hydrogen (secondary N) is 2. The predicted molar refractivity (Wildman–Crippen MR) is 97.0 cm³/mol. The van der Waals surface area contributed by atoms with Gasteiger partial charge in [0.1, 0.15) is 18.0 Å². The molecule has 0 amide bonds. The van der Waals surface area contributed by atoms with Crippen LogP contribution in [-0.2, 0) is 4.74 Å².